The number of oxime groups is 1. The van der Waals surface area contributed by atoms with Crippen LogP contribution in [0.25, 0.3) is 0 Å². The molecule has 2 unspecified atom stereocenters. The third kappa shape index (κ3) is 1.83. The average molecular weight is 323 g/mol. The lowest BCUT2D eigenvalue weighted by Gasteiger charge is -2.17. The molecule has 1 aromatic rings. The summed E-state index contributed by atoms with van der Waals surface area (Å²) in [5.41, 5.74) is 0.741. The van der Waals surface area contributed by atoms with Crippen LogP contribution in [0.2, 0.25) is 0 Å². The molecule has 2 nitrogen and oxygen atoms in total. The van der Waals surface area contributed by atoms with E-state index in [4.69, 9.17) is 4.84 Å². The number of alkyl halides is 2. The number of benzene rings is 1. The zero-order chi connectivity index (χ0) is 10.2. The number of nitrogens with zero attached hydrogens (tertiary/aromatic N) is 1. The number of hydrogen-bond donors (Lipinski definition) is 0. The van der Waals surface area contributed by atoms with Crippen LogP contribution >= 0.6 is 31.9 Å². The fourth-order valence-electron chi connectivity index (χ4n) is 1.22. The van der Waals surface area contributed by atoms with Crippen LogP contribution in [0.4, 0.5) is 4.39 Å². The van der Waals surface area contributed by atoms with Crippen LogP contribution in [-0.2, 0) is 4.84 Å². The van der Waals surface area contributed by atoms with Gasteiger partial charge in [-0.25, -0.2) is 4.39 Å². The lowest BCUT2D eigenvalue weighted by molar-refractivity contribution is 0.0411. The Morgan fingerprint density at radius 2 is 2.00 bits per heavy atom. The van der Waals surface area contributed by atoms with Crippen LogP contribution in [0.1, 0.15) is 11.7 Å². The van der Waals surface area contributed by atoms with Gasteiger partial charge in [0.25, 0.3) is 0 Å². The van der Waals surface area contributed by atoms with Crippen molar-refractivity contribution in [3.05, 3.63) is 34.3 Å². The summed E-state index contributed by atoms with van der Waals surface area (Å²) >= 11 is 6.22. The van der Waals surface area contributed by atoms with E-state index in [2.05, 4.69) is 37.0 Å². The van der Waals surface area contributed by atoms with Gasteiger partial charge in [0.1, 0.15) is 0 Å². The van der Waals surface area contributed by atoms with Gasteiger partial charge in [-0.2, -0.15) is 0 Å². The molecule has 0 aromatic heterocycles. The van der Waals surface area contributed by atoms with Crippen molar-refractivity contribution in [2.24, 2.45) is 5.16 Å². The molecule has 1 heterocycles. The second-order valence-corrected chi connectivity index (χ2v) is 5.08. The summed E-state index contributed by atoms with van der Waals surface area (Å²) in [4.78, 5) is 4.93. The lowest BCUT2D eigenvalue weighted by atomic mass is 10.1. The molecule has 2 atom stereocenters. The second kappa shape index (κ2) is 3.62. The van der Waals surface area contributed by atoms with E-state index in [0.29, 0.717) is 0 Å². The fraction of sp³-hybridized carbons (Fsp3) is 0.222. The van der Waals surface area contributed by atoms with E-state index < -0.39 is 10.7 Å². The predicted molar refractivity (Wildman–Crippen MR) is 59.2 cm³/mol. The molecular formula is C9H6Br2FNO. The minimum Gasteiger partial charge on any atom is -0.383 e. The SMILES string of the molecule is FC1(Br)C=NOC1c1ccc(Br)cc1. The highest BCUT2D eigenvalue weighted by Gasteiger charge is 2.42. The quantitative estimate of drug-likeness (QED) is 0.724. The molecule has 0 amide bonds. The Labute approximate surface area is 97.4 Å². The van der Waals surface area contributed by atoms with Crippen LogP contribution < -0.4 is 0 Å². The zero-order valence-corrected chi connectivity index (χ0v) is 10.1. The normalized spacial score (nSPS) is 30.4. The maximum absolute atomic E-state index is 13.7. The summed E-state index contributed by atoms with van der Waals surface area (Å²) in [5, 5.41) is 3.46. The van der Waals surface area contributed by atoms with Crippen molar-refractivity contribution in [2.45, 2.75) is 10.7 Å². The van der Waals surface area contributed by atoms with Gasteiger partial charge >= 0.3 is 0 Å². The summed E-state index contributed by atoms with van der Waals surface area (Å²) in [6, 6.07) is 7.25. The molecule has 0 saturated heterocycles. The molecule has 2 rings (SSSR count). The van der Waals surface area contributed by atoms with Gasteiger partial charge in [-0.3, -0.25) is 0 Å². The highest BCUT2D eigenvalue weighted by molar-refractivity contribution is 9.10. The van der Waals surface area contributed by atoms with Crippen LogP contribution in [-0.4, -0.2) is 10.8 Å². The van der Waals surface area contributed by atoms with Crippen molar-refractivity contribution in [3.8, 4) is 0 Å². The third-order valence-electron chi connectivity index (χ3n) is 1.91. The van der Waals surface area contributed by atoms with Crippen molar-refractivity contribution in [2.75, 3.05) is 0 Å². The van der Waals surface area contributed by atoms with Crippen LogP contribution in [0, 0.1) is 0 Å². The van der Waals surface area contributed by atoms with E-state index in [9.17, 15) is 4.39 Å². The number of rotatable bonds is 1. The Morgan fingerprint density at radius 1 is 1.36 bits per heavy atom. The number of hydrogen-bond acceptors (Lipinski definition) is 2. The van der Waals surface area contributed by atoms with Gasteiger partial charge in [-0.15, -0.1) is 0 Å². The largest absolute Gasteiger partial charge is 0.383 e. The standard InChI is InChI=1S/C9H6Br2FNO/c10-7-3-1-6(2-4-7)8-9(11,12)5-13-14-8/h1-5,8H. The highest BCUT2D eigenvalue weighted by Crippen LogP contribution is 2.40. The minimum atomic E-state index is -1.71. The maximum atomic E-state index is 13.7. The van der Waals surface area contributed by atoms with Gasteiger partial charge in [0.05, 0.1) is 6.21 Å². The Balaban J connectivity index is 2.28. The molecule has 14 heavy (non-hydrogen) atoms. The summed E-state index contributed by atoms with van der Waals surface area (Å²) in [7, 11) is 0. The second-order valence-electron chi connectivity index (χ2n) is 2.95. The fourth-order valence-corrected chi connectivity index (χ4v) is 1.92. The molecular weight excluding hydrogens is 317 g/mol. The molecule has 1 aliphatic rings. The van der Waals surface area contributed by atoms with Gasteiger partial charge < -0.3 is 4.84 Å². The van der Waals surface area contributed by atoms with Gasteiger partial charge in [0, 0.05) is 4.47 Å². The van der Waals surface area contributed by atoms with Crippen molar-refractivity contribution in [1.82, 2.24) is 0 Å². The Hall–Kier alpha value is -0.420. The molecule has 0 radical (unpaired) electrons. The van der Waals surface area contributed by atoms with Gasteiger partial charge in [-0.1, -0.05) is 33.2 Å². The van der Waals surface area contributed by atoms with Crippen LogP contribution in [0.15, 0.2) is 33.9 Å². The molecule has 1 aliphatic heterocycles. The van der Waals surface area contributed by atoms with E-state index in [0.717, 1.165) is 16.3 Å². The summed E-state index contributed by atoms with van der Waals surface area (Å²) in [6.45, 7) is 0. The Kier molecular flexibility index (Phi) is 2.62. The van der Waals surface area contributed by atoms with Crippen molar-refractivity contribution < 1.29 is 9.23 Å². The van der Waals surface area contributed by atoms with Crippen molar-refractivity contribution in [3.63, 3.8) is 0 Å². The third-order valence-corrected chi connectivity index (χ3v) is 3.06. The molecule has 0 N–H and O–H groups in total. The molecule has 1 aromatic carbocycles. The van der Waals surface area contributed by atoms with Crippen LogP contribution in [0.5, 0.6) is 0 Å². The summed E-state index contributed by atoms with van der Waals surface area (Å²) in [5.74, 6) is 0. The predicted octanol–water partition coefficient (Wildman–Crippen LogP) is 3.57. The summed E-state index contributed by atoms with van der Waals surface area (Å²) in [6.07, 6.45) is 0.398. The smallest absolute Gasteiger partial charge is 0.246 e. The molecule has 0 aliphatic carbocycles. The van der Waals surface area contributed by atoms with E-state index in [1.54, 1.807) is 12.1 Å². The first kappa shape index (κ1) is 10.1. The van der Waals surface area contributed by atoms with Gasteiger partial charge in [0.15, 0.2) is 0 Å². The monoisotopic (exact) mass is 321 g/mol. The zero-order valence-electron chi connectivity index (χ0n) is 6.95. The first-order chi connectivity index (χ1) is 6.59. The first-order valence-corrected chi connectivity index (χ1v) is 5.52. The number of halogens is 3. The van der Waals surface area contributed by atoms with E-state index in [-0.39, 0.29) is 0 Å². The molecule has 74 valence electrons. The van der Waals surface area contributed by atoms with E-state index in [1.807, 2.05) is 12.1 Å². The maximum Gasteiger partial charge on any atom is 0.246 e. The first-order valence-electron chi connectivity index (χ1n) is 3.93. The van der Waals surface area contributed by atoms with E-state index in [1.165, 1.54) is 0 Å². The topological polar surface area (TPSA) is 21.6 Å². The molecule has 0 spiro atoms. The molecule has 0 bridgehead atoms. The van der Waals surface area contributed by atoms with Crippen molar-refractivity contribution >= 4 is 38.1 Å². The van der Waals surface area contributed by atoms with Crippen LogP contribution in [0.3, 0.4) is 0 Å². The lowest BCUT2D eigenvalue weighted by Crippen LogP contribution is -2.21. The van der Waals surface area contributed by atoms with Crippen molar-refractivity contribution in [1.29, 1.82) is 0 Å². The van der Waals surface area contributed by atoms with E-state index >= 15 is 0 Å². The Bertz CT molecular complexity index is 364. The highest BCUT2D eigenvalue weighted by atomic mass is 79.9. The summed E-state index contributed by atoms with van der Waals surface area (Å²) < 4.78 is 12.9. The van der Waals surface area contributed by atoms with Gasteiger partial charge in [-0.05, 0) is 33.6 Å². The van der Waals surface area contributed by atoms with Gasteiger partial charge in [0.2, 0.25) is 10.7 Å². The Morgan fingerprint density at radius 3 is 2.50 bits per heavy atom. The molecule has 5 heteroatoms. The average Bonchev–Trinajstić information content (AvgIpc) is 2.47. The molecule has 0 fully saturated rings. The minimum absolute atomic E-state index is 0.712. The molecule has 0 saturated carbocycles.